The van der Waals surface area contributed by atoms with Crippen LogP contribution in [0, 0.1) is 11.3 Å². The van der Waals surface area contributed by atoms with Crippen molar-refractivity contribution in [1.82, 2.24) is 10.2 Å². The highest BCUT2D eigenvalue weighted by molar-refractivity contribution is 7.92. The number of nitriles is 1. The number of aliphatic hydroxyl groups is 1. The van der Waals surface area contributed by atoms with E-state index in [4.69, 9.17) is 21.6 Å². The van der Waals surface area contributed by atoms with Crippen molar-refractivity contribution in [3.8, 4) is 11.8 Å². The Hall–Kier alpha value is -2.57. The Labute approximate surface area is 200 Å². The summed E-state index contributed by atoms with van der Waals surface area (Å²) in [4.78, 5) is 2.43. The number of hydrogen-bond acceptors (Lipinski definition) is 7. The molecule has 0 spiro atoms. The summed E-state index contributed by atoms with van der Waals surface area (Å²) in [5.41, 5.74) is 2.51. The molecule has 2 aromatic carbocycles. The summed E-state index contributed by atoms with van der Waals surface area (Å²) in [6.07, 6.45) is 2.42. The molecule has 0 saturated carbocycles. The minimum absolute atomic E-state index is 0.143. The van der Waals surface area contributed by atoms with Crippen molar-refractivity contribution < 1.29 is 18.3 Å². The number of hydrogen-bond donors (Lipinski definition) is 2. The average molecular weight is 490 g/mol. The molecule has 176 valence electrons. The van der Waals surface area contributed by atoms with E-state index >= 15 is 0 Å². The zero-order valence-corrected chi connectivity index (χ0v) is 20.3. The van der Waals surface area contributed by atoms with Crippen LogP contribution < -0.4 is 10.1 Å². The molecule has 7 nitrogen and oxygen atoms in total. The van der Waals surface area contributed by atoms with E-state index in [2.05, 4.69) is 16.3 Å². The second kappa shape index (κ2) is 10.6. The molecule has 9 heteroatoms. The lowest BCUT2D eigenvalue weighted by Gasteiger charge is -2.29. The minimum Gasteiger partial charge on any atom is -0.463 e. The van der Waals surface area contributed by atoms with Crippen LogP contribution in [0.1, 0.15) is 25.0 Å². The zero-order valence-electron chi connectivity index (χ0n) is 18.7. The first-order valence-electron chi connectivity index (χ1n) is 10.6. The fourth-order valence-electron chi connectivity index (χ4n) is 3.41. The SMILES string of the molecule is CC(C)(CO)S(=O)(=O)c1ccc(O/C=C2/CN(CCc3cc(Cl)cc(C#N)c3)CCN2)cc1. The number of benzene rings is 2. The maximum Gasteiger partial charge on any atom is 0.185 e. The molecule has 1 fully saturated rings. The van der Waals surface area contributed by atoms with Crippen LogP contribution in [0.25, 0.3) is 0 Å². The van der Waals surface area contributed by atoms with E-state index in [1.165, 1.54) is 26.0 Å². The molecule has 1 aliphatic heterocycles. The first-order chi connectivity index (χ1) is 15.6. The van der Waals surface area contributed by atoms with E-state index in [0.717, 1.165) is 37.3 Å². The molecule has 1 aliphatic rings. The Balaban J connectivity index is 1.58. The van der Waals surface area contributed by atoms with Crippen LogP contribution >= 0.6 is 11.6 Å². The standard InChI is InChI=1S/C24H28ClN3O4S/c1-24(2,17-29)33(30,31)23-5-3-22(4-6-23)32-16-21-15-28(10-8-27-21)9-7-18-11-19(14-26)13-20(25)12-18/h3-6,11-13,16,27,29H,7-10,15,17H2,1-2H3/b21-16-. The van der Waals surface area contributed by atoms with E-state index in [1.54, 1.807) is 24.5 Å². The molecule has 0 radical (unpaired) electrons. The summed E-state index contributed by atoms with van der Waals surface area (Å²) >= 11 is 6.09. The molecular weight excluding hydrogens is 462 g/mol. The number of rotatable bonds is 8. The van der Waals surface area contributed by atoms with Gasteiger partial charge in [0.15, 0.2) is 9.84 Å². The average Bonchev–Trinajstić information content (AvgIpc) is 2.81. The van der Waals surface area contributed by atoms with E-state index in [0.29, 0.717) is 22.9 Å². The second-order valence-corrected chi connectivity index (χ2v) is 11.6. The number of nitrogens with one attached hydrogen (secondary N) is 1. The van der Waals surface area contributed by atoms with Gasteiger partial charge in [0.05, 0.1) is 33.6 Å². The second-order valence-electron chi connectivity index (χ2n) is 8.57. The molecule has 0 unspecified atom stereocenters. The predicted molar refractivity (Wildman–Crippen MR) is 128 cm³/mol. The lowest BCUT2D eigenvalue weighted by atomic mass is 10.1. The Morgan fingerprint density at radius 3 is 2.67 bits per heavy atom. The van der Waals surface area contributed by atoms with Crippen LogP contribution in [0.3, 0.4) is 0 Å². The van der Waals surface area contributed by atoms with Gasteiger partial charge in [0, 0.05) is 31.2 Å². The Morgan fingerprint density at radius 2 is 2.00 bits per heavy atom. The van der Waals surface area contributed by atoms with Crippen molar-refractivity contribution in [2.45, 2.75) is 29.9 Å². The van der Waals surface area contributed by atoms with Gasteiger partial charge in [0.25, 0.3) is 0 Å². The van der Waals surface area contributed by atoms with Crippen LogP contribution in [-0.4, -0.2) is 56.0 Å². The van der Waals surface area contributed by atoms with Gasteiger partial charge < -0.3 is 15.2 Å². The van der Waals surface area contributed by atoms with Gasteiger partial charge in [-0.1, -0.05) is 11.6 Å². The molecule has 33 heavy (non-hydrogen) atoms. The summed E-state index contributed by atoms with van der Waals surface area (Å²) in [6.45, 7) is 5.69. The lowest BCUT2D eigenvalue weighted by molar-refractivity contribution is 0.258. The van der Waals surface area contributed by atoms with Crippen LogP contribution in [0.5, 0.6) is 5.75 Å². The molecule has 2 N–H and O–H groups in total. The maximum atomic E-state index is 12.6. The summed E-state index contributed by atoms with van der Waals surface area (Å²) in [6, 6.07) is 13.7. The van der Waals surface area contributed by atoms with Crippen LogP contribution in [0.2, 0.25) is 5.02 Å². The van der Waals surface area contributed by atoms with Crippen molar-refractivity contribution in [1.29, 1.82) is 5.26 Å². The first kappa shape index (κ1) is 25.1. The minimum atomic E-state index is -3.65. The molecule has 3 rings (SSSR count). The van der Waals surface area contributed by atoms with Gasteiger partial charge in [-0.3, -0.25) is 4.90 Å². The molecule has 0 atom stereocenters. The van der Waals surface area contributed by atoms with Gasteiger partial charge in [0.1, 0.15) is 12.0 Å². The number of halogens is 1. The largest absolute Gasteiger partial charge is 0.463 e. The third-order valence-electron chi connectivity index (χ3n) is 5.56. The molecule has 1 heterocycles. The zero-order chi connectivity index (χ0) is 24.1. The molecule has 2 aromatic rings. The fourth-order valence-corrected chi connectivity index (χ4v) is 4.97. The van der Waals surface area contributed by atoms with Gasteiger partial charge >= 0.3 is 0 Å². The number of sulfone groups is 1. The smallest absolute Gasteiger partial charge is 0.185 e. The van der Waals surface area contributed by atoms with Crippen molar-refractivity contribution in [3.05, 3.63) is 70.6 Å². The summed E-state index contributed by atoms with van der Waals surface area (Å²) in [5.74, 6) is 0.519. The quantitative estimate of drug-likeness (QED) is 0.549. The molecule has 0 amide bonds. The van der Waals surface area contributed by atoms with Gasteiger partial charge in [-0.2, -0.15) is 5.26 Å². The van der Waals surface area contributed by atoms with Gasteiger partial charge in [0.2, 0.25) is 0 Å². The molecule has 0 aromatic heterocycles. The number of ether oxygens (including phenoxy) is 1. The van der Waals surface area contributed by atoms with E-state index in [1.807, 2.05) is 12.1 Å². The summed E-state index contributed by atoms with van der Waals surface area (Å²) in [7, 11) is -3.65. The number of aliphatic hydroxyl groups excluding tert-OH is 1. The third kappa shape index (κ3) is 6.27. The van der Waals surface area contributed by atoms with Crippen molar-refractivity contribution in [2.24, 2.45) is 0 Å². The highest BCUT2D eigenvalue weighted by Gasteiger charge is 2.35. The molecule has 1 saturated heterocycles. The van der Waals surface area contributed by atoms with Crippen molar-refractivity contribution >= 4 is 21.4 Å². The Bertz CT molecular complexity index is 1160. The van der Waals surface area contributed by atoms with E-state index in [-0.39, 0.29) is 4.90 Å². The highest BCUT2D eigenvalue weighted by atomic mass is 35.5. The molecular formula is C24H28ClN3O4S. The van der Waals surface area contributed by atoms with Gasteiger partial charge in [-0.25, -0.2) is 8.42 Å². The van der Waals surface area contributed by atoms with E-state index < -0.39 is 21.2 Å². The fraction of sp³-hybridized carbons (Fsp3) is 0.375. The van der Waals surface area contributed by atoms with Gasteiger partial charge in [-0.05, 0) is 68.3 Å². The predicted octanol–water partition coefficient (Wildman–Crippen LogP) is 3.12. The Morgan fingerprint density at radius 1 is 1.27 bits per heavy atom. The number of piperazine rings is 1. The molecule has 0 bridgehead atoms. The van der Waals surface area contributed by atoms with Crippen LogP contribution in [0.4, 0.5) is 0 Å². The van der Waals surface area contributed by atoms with Crippen LogP contribution in [0.15, 0.2) is 59.3 Å². The highest BCUT2D eigenvalue weighted by Crippen LogP contribution is 2.26. The Kier molecular flexibility index (Phi) is 8.03. The van der Waals surface area contributed by atoms with Crippen LogP contribution in [-0.2, 0) is 16.3 Å². The topological polar surface area (TPSA) is 103 Å². The lowest BCUT2D eigenvalue weighted by Crippen LogP contribution is -2.43. The summed E-state index contributed by atoms with van der Waals surface area (Å²) < 4.78 is 29.7. The number of nitrogens with zero attached hydrogens (tertiary/aromatic N) is 2. The molecule has 0 aliphatic carbocycles. The first-order valence-corrected chi connectivity index (χ1v) is 12.5. The van der Waals surface area contributed by atoms with Crippen molar-refractivity contribution in [2.75, 3.05) is 32.8 Å². The summed E-state index contributed by atoms with van der Waals surface area (Å²) in [5, 5.41) is 22.4. The maximum absolute atomic E-state index is 12.6. The third-order valence-corrected chi connectivity index (χ3v) is 8.25. The van der Waals surface area contributed by atoms with E-state index in [9.17, 15) is 13.5 Å². The van der Waals surface area contributed by atoms with Crippen molar-refractivity contribution in [3.63, 3.8) is 0 Å². The van der Waals surface area contributed by atoms with Gasteiger partial charge in [-0.15, -0.1) is 0 Å². The normalized spacial score (nSPS) is 16.3. The monoisotopic (exact) mass is 489 g/mol.